The Balaban J connectivity index is 2.76. The Kier molecular flexibility index (Phi) is 1.62. The lowest BCUT2D eigenvalue weighted by molar-refractivity contribution is 0.0694. The number of carbonyl (C=O) groups is 1. The number of carboxylic acid groups (broad SMARTS) is 1. The zero-order valence-electron chi connectivity index (χ0n) is 6.20. The maximum absolute atomic E-state index is 10.6. The molecule has 0 aliphatic carbocycles. The van der Waals surface area contributed by atoms with Gasteiger partial charge in [-0.3, -0.25) is 0 Å². The highest BCUT2D eigenvalue weighted by atomic mass is 32.1. The van der Waals surface area contributed by atoms with Crippen LogP contribution in [0, 0.1) is 6.92 Å². The number of nitrogens with zero attached hydrogens (tertiary/aromatic N) is 1. The van der Waals surface area contributed by atoms with Gasteiger partial charge in [-0.2, -0.15) is 4.37 Å². The zero-order chi connectivity index (χ0) is 8.72. The molecule has 2 aromatic rings. The first-order valence-electron chi connectivity index (χ1n) is 3.27. The summed E-state index contributed by atoms with van der Waals surface area (Å²) in [5, 5.41) is 8.73. The maximum Gasteiger partial charge on any atom is 0.357 e. The molecule has 3 nitrogen and oxygen atoms in total. The van der Waals surface area contributed by atoms with E-state index in [1.165, 1.54) is 22.9 Å². The van der Waals surface area contributed by atoms with Gasteiger partial charge in [0, 0.05) is 4.88 Å². The minimum atomic E-state index is -0.942. The first-order valence-corrected chi connectivity index (χ1v) is 4.86. The fourth-order valence-corrected chi connectivity index (χ4v) is 3.02. The molecule has 0 amide bonds. The van der Waals surface area contributed by atoms with E-state index in [1.807, 2.05) is 13.0 Å². The van der Waals surface area contributed by atoms with Gasteiger partial charge < -0.3 is 5.11 Å². The number of aryl methyl sites for hydroxylation is 1. The Hall–Kier alpha value is -0.940. The average Bonchev–Trinajstić information content (AvgIpc) is 2.43. The second-order valence-electron chi connectivity index (χ2n) is 2.39. The monoisotopic (exact) mass is 199 g/mol. The molecule has 0 fully saturated rings. The summed E-state index contributed by atoms with van der Waals surface area (Å²) < 4.78 is 5.61. The summed E-state index contributed by atoms with van der Waals surface area (Å²) in [6, 6.07) is 1.96. The van der Waals surface area contributed by atoms with Crippen molar-refractivity contribution in [3.8, 4) is 0 Å². The molecular formula is C7H5NO2S2. The Labute approximate surface area is 76.4 Å². The first kappa shape index (κ1) is 7.70. The van der Waals surface area contributed by atoms with Crippen LogP contribution in [0.25, 0.3) is 9.40 Å². The molecule has 2 rings (SSSR count). The minimum absolute atomic E-state index is 0.188. The van der Waals surface area contributed by atoms with E-state index in [1.54, 1.807) is 0 Å². The molecule has 62 valence electrons. The lowest BCUT2D eigenvalue weighted by atomic mass is 10.4. The second kappa shape index (κ2) is 2.53. The van der Waals surface area contributed by atoms with Crippen molar-refractivity contribution < 1.29 is 9.90 Å². The third-order valence-corrected chi connectivity index (χ3v) is 3.45. The second-order valence-corrected chi connectivity index (χ2v) is 4.45. The third-order valence-electron chi connectivity index (χ3n) is 1.47. The van der Waals surface area contributed by atoms with Crippen molar-refractivity contribution in [2.75, 3.05) is 0 Å². The third kappa shape index (κ3) is 1.02. The molecule has 2 heterocycles. The van der Waals surface area contributed by atoms with Crippen LogP contribution >= 0.6 is 22.9 Å². The summed E-state index contributed by atoms with van der Waals surface area (Å²) >= 11 is 2.72. The van der Waals surface area contributed by atoms with Crippen molar-refractivity contribution in [3.05, 3.63) is 16.6 Å². The summed E-state index contributed by atoms with van der Waals surface area (Å²) in [5.41, 5.74) is 0.188. The van der Waals surface area contributed by atoms with E-state index < -0.39 is 5.97 Å². The van der Waals surface area contributed by atoms with Crippen molar-refractivity contribution in [3.63, 3.8) is 0 Å². The van der Waals surface area contributed by atoms with Crippen LogP contribution in [0.15, 0.2) is 6.07 Å². The summed E-state index contributed by atoms with van der Waals surface area (Å²) in [5.74, 6) is -0.942. The summed E-state index contributed by atoms with van der Waals surface area (Å²) in [6.07, 6.45) is 0. The van der Waals surface area contributed by atoms with E-state index in [2.05, 4.69) is 4.37 Å². The molecule has 1 N–H and O–H groups in total. The van der Waals surface area contributed by atoms with Gasteiger partial charge in [-0.05, 0) is 24.5 Å². The molecule has 0 aliphatic heterocycles. The van der Waals surface area contributed by atoms with E-state index in [-0.39, 0.29) is 5.69 Å². The van der Waals surface area contributed by atoms with Gasteiger partial charge in [-0.25, -0.2) is 4.79 Å². The topological polar surface area (TPSA) is 50.2 Å². The lowest BCUT2D eigenvalue weighted by Crippen LogP contribution is -1.94. The molecule has 0 radical (unpaired) electrons. The highest BCUT2D eigenvalue weighted by Gasteiger charge is 2.14. The standard InChI is InChI=1S/C7H5NO2S2/c1-3-2-4-6(11-3)5(7(9)10)8-12-4/h2H,1H3,(H,9,10). The number of thiophene rings is 1. The molecule has 0 aromatic carbocycles. The molecule has 0 bridgehead atoms. The maximum atomic E-state index is 10.6. The molecule has 0 saturated heterocycles. The number of aromatic nitrogens is 1. The van der Waals surface area contributed by atoms with Crippen LogP contribution in [-0.4, -0.2) is 15.4 Å². The Bertz CT molecular complexity index is 443. The molecule has 5 heteroatoms. The van der Waals surface area contributed by atoms with Crippen molar-refractivity contribution in [2.45, 2.75) is 6.92 Å². The fraction of sp³-hybridized carbons (Fsp3) is 0.143. The first-order chi connectivity index (χ1) is 5.68. The smallest absolute Gasteiger partial charge is 0.357 e. The van der Waals surface area contributed by atoms with Crippen molar-refractivity contribution in [1.29, 1.82) is 0 Å². The van der Waals surface area contributed by atoms with Gasteiger partial charge in [0.2, 0.25) is 0 Å². The molecule has 0 saturated carbocycles. The highest BCUT2D eigenvalue weighted by molar-refractivity contribution is 7.25. The van der Waals surface area contributed by atoms with E-state index in [0.29, 0.717) is 0 Å². The largest absolute Gasteiger partial charge is 0.476 e. The molecule has 0 aliphatic rings. The van der Waals surface area contributed by atoms with Crippen LogP contribution in [0.2, 0.25) is 0 Å². The van der Waals surface area contributed by atoms with E-state index in [0.717, 1.165) is 14.3 Å². The van der Waals surface area contributed by atoms with E-state index in [9.17, 15) is 4.79 Å². The minimum Gasteiger partial charge on any atom is -0.476 e. The van der Waals surface area contributed by atoms with Gasteiger partial charge in [0.25, 0.3) is 0 Å². The number of fused-ring (bicyclic) bond motifs is 1. The van der Waals surface area contributed by atoms with Gasteiger partial charge in [-0.1, -0.05) is 0 Å². The van der Waals surface area contributed by atoms with Gasteiger partial charge in [0.1, 0.15) is 0 Å². The van der Waals surface area contributed by atoms with Gasteiger partial charge in [-0.15, -0.1) is 11.3 Å². The number of hydrogen-bond donors (Lipinski definition) is 1. The van der Waals surface area contributed by atoms with Crippen molar-refractivity contribution in [2.24, 2.45) is 0 Å². The van der Waals surface area contributed by atoms with Crippen LogP contribution in [0.3, 0.4) is 0 Å². The van der Waals surface area contributed by atoms with Gasteiger partial charge in [0.05, 0.1) is 9.40 Å². The molecule has 0 atom stereocenters. The van der Waals surface area contributed by atoms with Crippen molar-refractivity contribution >= 4 is 38.2 Å². The number of rotatable bonds is 1. The van der Waals surface area contributed by atoms with Crippen molar-refractivity contribution in [1.82, 2.24) is 4.37 Å². The van der Waals surface area contributed by atoms with Gasteiger partial charge in [0.15, 0.2) is 5.69 Å². The predicted molar refractivity (Wildman–Crippen MR) is 49.2 cm³/mol. The lowest BCUT2D eigenvalue weighted by Gasteiger charge is -1.82. The molecule has 0 unspecified atom stereocenters. The van der Waals surface area contributed by atoms with Crippen LogP contribution < -0.4 is 0 Å². The molecule has 0 spiro atoms. The normalized spacial score (nSPS) is 10.8. The average molecular weight is 199 g/mol. The highest BCUT2D eigenvalue weighted by Crippen LogP contribution is 2.30. The molecule has 12 heavy (non-hydrogen) atoms. The van der Waals surface area contributed by atoms with E-state index in [4.69, 9.17) is 5.11 Å². The SMILES string of the molecule is Cc1cc2snc(C(=O)O)c2s1. The number of hydrogen-bond acceptors (Lipinski definition) is 4. The predicted octanol–water partition coefficient (Wildman–Crippen LogP) is 2.36. The number of carboxylic acids is 1. The molecule has 2 aromatic heterocycles. The van der Waals surface area contributed by atoms with Gasteiger partial charge >= 0.3 is 5.97 Å². The fourth-order valence-electron chi connectivity index (χ4n) is 0.996. The van der Waals surface area contributed by atoms with Crippen LogP contribution in [-0.2, 0) is 0 Å². The van der Waals surface area contributed by atoms with Crippen LogP contribution in [0.1, 0.15) is 15.4 Å². The Morgan fingerprint density at radius 2 is 2.42 bits per heavy atom. The summed E-state index contributed by atoms with van der Waals surface area (Å²) in [7, 11) is 0. The Morgan fingerprint density at radius 3 is 3.08 bits per heavy atom. The van der Waals surface area contributed by atoms with Crippen LogP contribution in [0.4, 0.5) is 0 Å². The number of aromatic carboxylic acids is 1. The summed E-state index contributed by atoms with van der Waals surface area (Å²) in [4.78, 5) is 11.8. The summed E-state index contributed by atoms with van der Waals surface area (Å²) in [6.45, 7) is 1.96. The Morgan fingerprint density at radius 1 is 1.67 bits per heavy atom. The quantitative estimate of drug-likeness (QED) is 0.767. The molecular weight excluding hydrogens is 194 g/mol. The van der Waals surface area contributed by atoms with Crippen LogP contribution in [0.5, 0.6) is 0 Å². The zero-order valence-corrected chi connectivity index (χ0v) is 7.83. The van der Waals surface area contributed by atoms with E-state index >= 15 is 0 Å².